The van der Waals surface area contributed by atoms with E-state index in [9.17, 15) is 0 Å². The van der Waals surface area contributed by atoms with Gasteiger partial charge < -0.3 is 19.6 Å². The van der Waals surface area contributed by atoms with Crippen molar-refractivity contribution in [2.45, 2.75) is 13.8 Å². The second-order valence-corrected chi connectivity index (χ2v) is 29.4. The topological polar surface area (TPSA) is 13.0 Å². The van der Waals surface area contributed by atoms with E-state index in [-0.39, 0.29) is 45.0 Å². The van der Waals surface area contributed by atoms with Crippen LogP contribution in [0, 0.1) is 60.4 Å². The lowest BCUT2D eigenvalue weighted by Crippen LogP contribution is -2.14. The quantitative estimate of drug-likeness (QED) is 0.0706. The van der Waals surface area contributed by atoms with Crippen molar-refractivity contribution in [1.82, 2.24) is 0 Å². The summed E-state index contributed by atoms with van der Waals surface area (Å²) in [5.74, 6) is -4.49. The number of rotatable bonds is 16. The van der Waals surface area contributed by atoms with Gasteiger partial charge in [0, 0.05) is 90.8 Å². The van der Waals surface area contributed by atoms with Gasteiger partial charge in [-0.25, -0.2) is 35.1 Å². The van der Waals surface area contributed by atoms with Crippen LogP contribution in [0.4, 0.5) is 103 Å². The smallest absolute Gasteiger partial charge is 0.148 e. The van der Waals surface area contributed by atoms with E-state index < -0.39 is 46.5 Å². The summed E-state index contributed by atoms with van der Waals surface area (Å²) in [4.78, 5) is 7.03. The third-order valence-corrected chi connectivity index (χ3v) is 22.4. The Hall–Kier alpha value is -14.9. The molecule has 0 heterocycles. The molecule has 4 nitrogen and oxygen atoms in total. The number of para-hydroxylation sites is 4. The van der Waals surface area contributed by atoms with Gasteiger partial charge in [0.25, 0.3) is 0 Å². The molecular weight excluding hydrogens is 1480 g/mol. The van der Waals surface area contributed by atoms with Crippen LogP contribution < -0.4 is 19.6 Å². The third kappa shape index (κ3) is 13.0. The number of anilines is 12. The van der Waals surface area contributed by atoms with E-state index in [1.165, 1.54) is 48.5 Å². The molecule has 0 aromatic heterocycles. The second kappa shape index (κ2) is 30.5. The molecule has 0 radical (unpaired) electrons. The summed E-state index contributed by atoms with van der Waals surface area (Å²) in [6, 6.07) is 112. The molecule has 20 aromatic carbocycles. The van der Waals surface area contributed by atoms with E-state index in [0.29, 0.717) is 67.8 Å². The number of hydrogen-bond donors (Lipinski definition) is 0. The molecule has 0 aliphatic rings. The van der Waals surface area contributed by atoms with Gasteiger partial charge in [-0.3, -0.25) is 0 Å². The Morgan fingerprint density at radius 2 is 0.381 bits per heavy atom. The van der Waals surface area contributed by atoms with Crippen molar-refractivity contribution in [3.05, 3.63) is 434 Å². The Morgan fingerprint density at radius 3 is 0.636 bits per heavy atom. The molecule has 568 valence electrons. The average Bonchev–Trinajstić information content (AvgIpc) is 0.720. The molecule has 0 saturated carbocycles. The normalized spacial score (nSPS) is 11.5. The molecule has 0 unspecified atom stereocenters. The van der Waals surface area contributed by atoms with Gasteiger partial charge in [-0.15, -0.1) is 0 Å². The highest BCUT2D eigenvalue weighted by Crippen LogP contribution is 2.53. The summed E-state index contributed by atoms with van der Waals surface area (Å²) >= 11 is 0. The number of benzene rings is 20. The number of nitrogens with zero attached hydrogens (tertiary/aromatic N) is 4. The monoisotopic (exact) mass is 1550 g/mol. The van der Waals surface area contributed by atoms with E-state index >= 15 is 35.1 Å². The van der Waals surface area contributed by atoms with Gasteiger partial charge in [-0.05, 0) is 187 Å². The zero-order valence-electron chi connectivity index (χ0n) is 63.6. The lowest BCUT2D eigenvalue weighted by molar-refractivity contribution is 0.604. The predicted molar refractivity (Wildman–Crippen MR) is 470 cm³/mol. The van der Waals surface area contributed by atoms with Crippen LogP contribution >= 0.6 is 0 Å². The van der Waals surface area contributed by atoms with Gasteiger partial charge in [0.1, 0.15) is 46.5 Å². The van der Waals surface area contributed by atoms with E-state index in [0.717, 1.165) is 75.8 Å². The highest BCUT2D eigenvalue weighted by molar-refractivity contribution is 6.30. The molecule has 0 aliphatic heterocycles. The van der Waals surface area contributed by atoms with Crippen LogP contribution in [0.25, 0.3) is 109 Å². The van der Waals surface area contributed by atoms with Gasteiger partial charge in [-0.2, -0.15) is 0 Å². The minimum atomic E-state index is -0.580. The predicted octanol–water partition coefficient (Wildman–Crippen LogP) is 31.4. The van der Waals surface area contributed by atoms with Crippen LogP contribution in [-0.2, 0) is 0 Å². The highest BCUT2D eigenvalue weighted by atomic mass is 19.2. The van der Waals surface area contributed by atoms with Crippen LogP contribution in [0.3, 0.4) is 0 Å². The maximum atomic E-state index is 16.7. The standard InChI is InChI=1S/C54H36F4N2.C52H32F4N2/c1-33-13-9-11-19-39(33)43-29-47(57)51(31-45(43)55)59(37-15-5-3-6-16-37)49-27-23-35-22-26-42-50(28-24-36-21-25-41(49)53(35)54(36)42)60(38-17-7-4-8-18-38)52-32-46(56)44(30-48(52)58)40-20-12-10-14-34(40)2;53-43-31-49(45(55)29-41(43)33-13-5-1-6-14-33)57(37-17-9-3-10-18-37)47-27-23-35-22-26-40-48(28-24-36-21-25-39(47)51(35)52(36)40)58(38-19-11-4-12-20-38)50-32-44(54)42(30-46(50)56)34-15-7-2-8-16-34/h3-32H,1-2H3;1-32H. The van der Waals surface area contributed by atoms with Crippen LogP contribution in [0.5, 0.6) is 0 Å². The first kappa shape index (κ1) is 73.3. The largest absolute Gasteiger partial charge is 0.307 e. The zero-order chi connectivity index (χ0) is 80.4. The molecule has 0 aliphatic carbocycles. The highest BCUT2D eigenvalue weighted by Gasteiger charge is 2.30. The van der Waals surface area contributed by atoms with Crippen molar-refractivity contribution in [2.24, 2.45) is 0 Å². The summed E-state index contributed by atoms with van der Waals surface area (Å²) in [5, 5.41) is 10.6. The van der Waals surface area contributed by atoms with Gasteiger partial charge >= 0.3 is 0 Å². The summed E-state index contributed by atoms with van der Waals surface area (Å²) in [6.07, 6.45) is 0. The van der Waals surface area contributed by atoms with Crippen molar-refractivity contribution in [2.75, 3.05) is 19.6 Å². The van der Waals surface area contributed by atoms with Crippen molar-refractivity contribution < 1.29 is 35.1 Å². The van der Waals surface area contributed by atoms with E-state index in [1.54, 1.807) is 80.3 Å². The van der Waals surface area contributed by atoms with Gasteiger partial charge in [0.2, 0.25) is 0 Å². The average molecular weight is 1550 g/mol. The van der Waals surface area contributed by atoms with Crippen LogP contribution in [-0.4, -0.2) is 0 Å². The van der Waals surface area contributed by atoms with Gasteiger partial charge in [0.15, 0.2) is 0 Å². The number of hydrogen-bond acceptors (Lipinski definition) is 4. The summed E-state index contributed by atoms with van der Waals surface area (Å²) in [6.45, 7) is 3.76. The molecule has 0 amide bonds. The fourth-order valence-electron chi connectivity index (χ4n) is 16.9. The molecule has 0 atom stereocenters. The van der Waals surface area contributed by atoms with E-state index in [2.05, 4.69) is 0 Å². The Kier molecular flexibility index (Phi) is 18.9. The SMILES string of the molecule is Cc1ccccc1-c1cc(F)c(N(c2ccccc2)c2ccc3ccc4c(N(c5ccccc5)c5cc(F)c(-c6ccccc6C)cc5F)ccc5ccc2c3c54)cc1F.Fc1cc(N(c2ccccc2)c2ccc3ccc4c(N(c5ccccc5)c5cc(F)c(-c6ccccc6)cc5F)ccc5ccc2c3c54)c(F)cc1-c1ccccc1. The molecule has 0 saturated heterocycles. The van der Waals surface area contributed by atoms with Crippen molar-refractivity contribution in [3.8, 4) is 44.5 Å². The second-order valence-electron chi connectivity index (χ2n) is 29.4. The van der Waals surface area contributed by atoms with E-state index in [4.69, 9.17) is 0 Å². The lowest BCUT2D eigenvalue weighted by atomic mass is 9.91. The van der Waals surface area contributed by atoms with Crippen LogP contribution in [0.2, 0.25) is 0 Å². The van der Waals surface area contributed by atoms with Crippen LogP contribution in [0.1, 0.15) is 11.1 Å². The molecule has 0 N–H and O–H groups in total. The molecule has 20 rings (SSSR count). The Balaban J connectivity index is 0.000000157. The van der Waals surface area contributed by atoms with Crippen molar-refractivity contribution in [1.29, 1.82) is 0 Å². The maximum Gasteiger partial charge on any atom is 0.148 e. The fraction of sp³-hybridized carbons (Fsp3) is 0.0189. The Bertz CT molecular complexity index is 6770. The molecule has 0 fully saturated rings. The maximum absolute atomic E-state index is 16.7. The first-order valence-electron chi connectivity index (χ1n) is 38.7. The lowest BCUT2D eigenvalue weighted by Gasteiger charge is -2.30. The molecule has 20 aromatic rings. The minimum Gasteiger partial charge on any atom is -0.307 e. The molecule has 0 spiro atoms. The van der Waals surface area contributed by atoms with Crippen LogP contribution in [0.15, 0.2) is 376 Å². The molecule has 12 heteroatoms. The van der Waals surface area contributed by atoms with Crippen molar-refractivity contribution in [3.63, 3.8) is 0 Å². The fourth-order valence-corrected chi connectivity index (χ4v) is 16.9. The van der Waals surface area contributed by atoms with Gasteiger partial charge in [-0.1, -0.05) is 255 Å². The first-order valence-corrected chi connectivity index (χ1v) is 38.7. The Morgan fingerprint density at radius 1 is 0.169 bits per heavy atom. The van der Waals surface area contributed by atoms with Crippen molar-refractivity contribution >= 4 is 133 Å². The molecule has 0 bridgehead atoms. The minimum absolute atomic E-state index is 0.0609. The molecule has 118 heavy (non-hydrogen) atoms. The Labute approximate surface area is 675 Å². The third-order valence-electron chi connectivity index (χ3n) is 22.4. The van der Waals surface area contributed by atoms with E-state index in [1.807, 2.05) is 281 Å². The first-order chi connectivity index (χ1) is 57.7. The summed E-state index contributed by atoms with van der Waals surface area (Å²) in [7, 11) is 0. The summed E-state index contributed by atoms with van der Waals surface area (Å²) in [5.41, 5.74) is 10.2. The molecular formula is C106H68F8N4. The number of aryl methyl sites for hydroxylation is 2. The zero-order valence-corrected chi connectivity index (χ0v) is 63.6. The summed E-state index contributed by atoms with van der Waals surface area (Å²) < 4.78 is 131. The number of halogens is 8. The van der Waals surface area contributed by atoms with Gasteiger partial charge in [0.05, 0.1) is 45.5 Å².